The topological polar surface area (TPSA) is 56.8 Å². The zero-order chi connectivity index (χ0) is 18.1. The molecule has 3 heterocycles. The number of pyridine rings is 1. The number of aromatic nitrogens is 3. The summed E-state index contributed by atoms with van der Waals surface area (Å²) in [5.41, 5.74) is 2.67. The molecule has 1 aliphatic rings. The number of rotatable bonds is 4. The molecular weight excluding hydrogens is 393 g/mol. The molecule has 3 aromatic rings. The Hall–Kier alpha value is -1.53. The van der Waals surface area contributed by atoms with Gasteiger partial charge in [-0.05, 0) is 48.7 Å². The van der Waals surface area contributed by atoms with Crippen molar-refractivity contribution in [1.82, 2.24) is 20.3 Å². The fourth-order valence-corrected chi connectivity index (χ4v) is 3.99. The van der Waals surface area contributed by atoms with Crippen LogP contribution in [-0.2, 0) is 6.54 Å². The van der Waals surface area contributed by atoms with Gasteiger partial charge in [0.2, 0.25) is 5.95 Å². The van der Waals surface area contributed by atoms with Gasteiger partial charge in [0.15, 0.2) is 5.65 Å². The molecule has 8 heteroatoms. The van der Waals surface area contributed by atoms with Crippen molar-refractivity contribution in [3.05, 3.63) is 51.1 Å². The predicted octanol–water partition coefficient (Wildman–Crippen LogP) is 4.68. The first kappa shape index (κ1) is 17.9. The lowest BCUT2D eigenvalue weighted by Gasteiger charge is -2.32. The van der Waals surface area contributed by atoms with Gasteiger partial charge in [-0.1, -0.05) is 34.8 Å². The maximum atomic E-state index is 6.06. The molecule has 5 nitrogen and oxygen atoms in total. The molecule has 1 fully saturated rings. The van der Waals surface area contributed by atoms with Crippen molar-refractivity contribution in [2.45, 2.75) is 25.4 Å². The second-order valence-corrected chi connectivity index (χ2v) is 7.75. The number of hydrogen-bond donors (Lipinski definition) is 2. The Morgan fingerprint density at radius 1 is 1.04 bits per heavy atom. The Balaban J connectivity index is 1.34. The lowest BCUT2D eigenvalue weighted by Crippen LogP contribution is -2.42. The second kappa shape index (κ2) is 7.61. The first-order valence-electron chi connectivity index (χ1n) is 8.52. The van der Waals surface area contributed by atoms with Crippen molar-refractivity contribution in [2.75, 3.05) is 18.0 Å². The van der Waals surface area contributed by atoms with Crippen molar-refractivity contribution in [3.63, 3.8) is 0 Å². The molecule has 0 spiro atoms. The number of nitrogens with one attached hydrogen (secondary N) is 2. The molecule has 0 unspecified atom stereocenters. The Kier molecular flexibility index (Phi) is 5.23. The summed E-state index contributed by atoms with van der Waals surface area (Å²) >= 11 is 18.1. The van der Waals surface area contributed by atoms with E-state index in [0.717, 1.165) is 49.5 Å². The highest BCUT2D eigenvalue weighted by Gasteiger charge is 2.21. The van der Waals surface area contributed by atoms with E-state index in [1.54, 1.807) is 12.1 Å². The average Bonchev–Trinajstić information content (AvgIpc) is 3.03. The van der Waals surface area contributed by atoms with E-state index in [0.29, 0.717) is 26.9 Å². The molecule has 0 amide bonds. The standard InChI is InChI=1S/C18H18Cl3N5/c19-12-7-11(8-13(20)9-12)10-22-14-3-5-26(6-4-14)18-23-15-1-2-16(21)24-17(15)25-18/h1-2,7-9,14,22H,3-6,10H2,(H,23,24,25). The van der Waals surface area contributed by atoms with Crippen LogP contribution >= 0.6 is 34.8 Å². The van der Waals surface area contributed by atoms with E-state index in [2.05, 4.69) is 25.2 Å². The van der Waals surface area contributed by atoms with Gasteiger partial charge >= 0.3 is 0 Å². The van der Waals surface area contributed by atoms with Crippen LogP contribution in [0.5, 0.6) is 0 Å². The van der Waals surface area contributed by atoms with Crippen molar-refractivity contribution in [2.24, 2.45) is 0 Å². The first-order chi connectivity index (χ1) is 12.6. The third-order valence-electron chi connectivity index (χ3n) is 4.61. The molecule has 1 aliphatic heterocycles. The number of halogens is 3. The summed E-state index contributed by atoms with van der Waals surface area (Å²) in [6.07, 6.45) is 2.08. The molecule has 2 N–H and O–H groups in total. The molecule has 0 atom stereocenters. The Morgan fingerprint density at radius 3 is 2.50 bits per heavy atom. The number of piperidine rings is 1. The summed E-state index contributed by atoms with van der Waals surface area (Å²) in [6, 6.07) is 9.78. The fraction of sp³-hybridized carbons (Fsp3) is 0.333. The lowest BCUT2D eigenvalue weighted by molar-refractivity contribution is 0.412. The third kappa shape index (κ3) is 4.07. The Labute approximate surface area is 166 Å². The van der Waals surface area contributed by atoms with Gasteiger partial charge in [-0.3, -0.25) is 0 Å². The Morgan fingerprint density at radius 2 is 1.77 bits per heavy atom. The number of hydrogen-bond acceptors (Lipinski definition) is 4. The summed E-state index contributed by atoms with van der Waals surface area (Å²) < 4.78 is 0. The van der Waals surface area contributed by atoms with Crippen LogP contribution in [0.15, 0.2) is 30.3 Å². The number of imidazole rings is 1. The number of benzene rings is 1. The van der Waals surface area contributed by atoms with Gasteiger partial charge in [-0.25, -0.2) is 4.98 Å². The highest BCUT2D eigenvalue weighted by atomic mass is 35.5. The normalized spacial score (nSPS) is 15.7. The van der Waals surface area contributed by atoms with Gasteiger partial charge < -0.3 is 15.2 Å². The average molecular weight is 411 g/mol. The summed E-state index contributed by atoms with van der Waals surface area (Å²) in [4.78, 5) is 14.4. The fourth-order valence-electron chi connectivity index (χ4n) is 3.28. The van der Waals surface area contributed by atoms with Gasteiger partial charge in [-0.2, -0.15) is 4.98 Å². The van der Waals surface area contributed by atoms with Crippen molar-refractivity contribution >= 4 is 51.9 Å². The van der Waals surface area contributed by atoms with Crippen LogP contribution in [0.25, 0.3) is 11.2 Å². The minimum absolute atomic E-state index is 0.458. The quantitative estimate of drug-likeness (QED) is 0.613. The van der Waals surface area contributed by atoms with E-state index in [9.17, 15) is 0 Å². The van der Waals surface area contributed by atoms with Gasteiger partial charge in [0.25, 0.3) is 0 Å². The highest BCUT2D eigenvalue weighted by Crippen LogP contribution is 2.22. The zero-order valence-corrected chi connectivity index (χ0v) is 16.2. The van der Waals surface area contributed by atoms with E-state index in [1.165, 1.54) is 0 Å². The molecule has 1 saturated heterocycles. The van der Waals surface area contributed by atoms with Crippen LogP contribution in [0, 0.1) is 0 Å². The summed E-state index contributed by atoms with van der Waals surface area (Å²) in [5.74, 6) is 0.856. The zero-order valence-electron chi connectivity index (χ0n) is 14.0. The number of aromatic amines is 1. The van der Waals surface area contributed by atoms with Gasteiger partial charge in [0.1, 0.15) is 5.15 Å². The maximum absolute atomic E-state index is 6.06. The molecule has 0 radical (unpaired) electrons. The Bertz CT molecular complexity index is 898. The molecule has 0 saturated carbocycles. The van der Waals surface area contributed by atoms with Crippen LogP contribution in [0.4, 0.5) is 5.95 Å². The van der Waals surface area contributed by atoms with E-state index in [1.807, 2.05) is 18.2 Å². The SMILES string of the molecule is Clc1cc(Cl)cc(CNC2CCN(c3nc4nc(Cl)ccc4[nH]3)CC2)c1. The van der Waals surface area contributed by atoms with Crippen LogP contribution in [0.3, 0.4) is 0 Å². The van der Waals surface area contributed by atoms with E-state index < -0.39 is 0 Å². The minimum atomic E-state index is 0.458. The molecule has 2 aromatic heterocycles. The molecule has 0 aliphatic carbocycles. The first-order valence-corrected chi connectivity index (χ1v) is 9.66. The van der Waals surface area contributed by atoms with Gasteiger partial charge in [0.05, 0.1) is 5.52 Å². The lowest BCUT2D eigenvalue weighted by atomic mass is 10.0. The molecule has 136 valence electrons. The molecule has 4 rings (SSSR count). The van der Waals surface area contributed by atoms with Crippen LogP contribution in [0.1, 0.15) is 18.4 Å². The van der Waals surface area contributed by atoms with Crippen LogP contribution < -0.4 is 10.2 Å². The molecule has 1 aromatic carbocycles. The second-order valence-electron chi connectivity index (χ2n) is 6.49. The molecular formula is C18H18Cl3N5. The number of anilines is 1. The van der Waals surface area contributed by atoms with Crippen LogP contribution in [-0.4, -0.2) is 34.1 Å². The summed E-state index contributed by atoms with van der Waals surface area (Å²) in [5, 5.41) is 5.39. The van der Waals surface area contributed by atoms with E-state index in [4.69, 9.17) is 34.8 Å². The number of nitrogens with zero attached hydrogens (tertiary/aromatic N) is 3. The minimum Gasteiger partial charge on any atom is -0.342 e. The van der Waals surface area contributed by atoms with E-state index in [-0.39, 0.29) is 0 Å². The van der Waals surface area contributed by atoms with E-state index >= 15 is 0 Å². The van der Waals surface area contributed by atoms with Crippen molar-refractivity contribution < 1.29 is 0 Å². The largest absolute Gasteiger partial charge is 0.342 e. The maximum Gasteiger partial charge on any atom is 0.205 e. The molecule has 26 heavy (non-hydrogen) atoms. The van der Waals surface area contributed by atoms with Crippen LogP contribution in [0.2, 0.25) is 15.2 Å². The van der Waals surface area contributed by atoms with Gasteiger partial charge in [0, 0.05) is 35.7 Å². The summed E-state index contributed by atoms with van der Waals surface area (Å²) in [7, 11) is 0. The van der Waals surface area contributed by atoms with Crippen molar-refractivity contribution in [1.29, 1.82) is 0 Å². The van der Waals surface area contributed by atoms with Crippen molar-refractivity contribution in [3.8, 4) is 0 Å². The third-order valence-corrected chi connectivity index (χ3v) is 5.26. The molecule has 0 bridgehead atoms. The highest BCUT2D eigenvalue weighted by molar-refractivity contribution is 6.34. The number of fused-ring (bicyclic) bond motifs is 1. The smallest absolute Gasteiger partial charge is 0.205 e. The number of H-pyrrole nitrogens is 1. The summed E-state index contributed by atoms with van der Waals surface area (Å²) in [6.45, 7) is 2.63. The van der Waals surface area contributed by atoms with Gasteiger partial charge in [-0.15, -0.1) is 0 Å². The monoisotopic (exact) mass is 409 g/mol. The predicted molar refractivity (Wildman–Crippen MR) is 107 cm³/mol.